The number of nitrogens with zero attached hydrogens (tertiary/aromatic N) is 1. The molecule has 3 N–H and O–H groups in total. The molecule has 0 aliphatic carbocycles. The first-order chi connectivity index (χ1) is 6.75. The maximum atomic E-state index is 5.21. The lowest BCUT2D eigenvalue weighted by Crippen LogP contribution is -2.26. The predicted octanol–water partition coefficient (Wildman–Crippen LogP) is 0.675. The smallest absolute Gasteiger partial charge is 0.406 e. The fraction of sp³-hybridized carbons (Fsp3) is 0. The fourth-order valence-corrected chi connectivity index (χ4v) is 1.02. The summed E-state index contributed by atoms with van der Waals surface area (Å²) in [5, 5.41) is 3.75. The Morgan fingerprint density at radius 1 is 1.29 bits per heavy atom. The minimum Gasteiger partial charge on any atom is -0.406 e. The Morgan fingerprint density at radius 2 is 1.86 bits per heavy atom. The highest BCUT2D eigenvalue weighted by atomic mass is 32.1. The zero-order valence-electron chi connectivity index (χ0n) is 7.06. The van der Waals surface area contributed by atoms with Gasteiger partial charge in [0.15, 0.2) is 16.3 Å². The van der Waals surface area contributed by atoms with Crippen LogP contribution in [0.3, 0.4) is 0 Å². The lowest BCUT2D eigenvalue weighted by Gasteiger charge is -1.88. The van der Waals surface area contributed by atoms with Gasteiger partial charge in [-0.05, 0) is 24.4 Å². The highest BCUT2D eigenvalue weighted by Crippen LogP contribution is 2.09. The summed E-state index contributed by atoms with van der Waals surface area (Å²) in [4.78, 5) is 0. The van der Waals surface area contributed by atoms with E-state index >= 15 is 0 Å². The molecule has 0 aliphatic rings. The largest absolute Gasteiger partial charge is 0.417 e. The summed E-state index contributed by atoms with van der Waals surface area (Å²) >= 11 is 4.57. The Hall–Kier alpha value is -1.82. The van der Waals surface area contributed by atoms with Gasteiger partial charge in [0, 0.05) is 0 Å². The van der Waals surface area contributed by atoms with Crippen molar-refractivity contribution in [3.05, 3.63) is 30.0 Å². The number of hydrogen-bond donors (Lipinski definition) is 2. The third-order valence-electron chi connectivity index (χ3n) is 1.50. The van der Waals surface area contributed by atoms with Crippen LogP contribution in [-0.4, -0.2) is 5.11 Å². The normalized spacial score (nSPS) is 10.0. The Labute approximate surface area is 84.2 Å². The van der Waals surface area contributed by atoms with E-state index in [1.54, 1.807) is 12.1 Å². The van der Waals surface area contributed by atoms with Gasteiger partial charge in [0.25, 0.3) is 0 Å². The molecule has 0 saturated heterocycles. The maximum Gasteiger partial charge on any atom is 0.417 e. The van der Waals surface area contributed by atoms with Crippen LogP contribution in [-0.2, 0) is 0 Å². The van der Waals surface area contributed by atoms with Crippen LogP contribution in [0.4, 0.5) is 0 Å². The van der Waals surface area contributed by atoms with Crippen molar-refractivity contribution >= 4 is 28.5 Å². The summed E-state index contributed by atoms with van der Waals surface area (Å²) in [5.41, 5.74) is 8.79. The number of hydrogen-bond acceptors (Lipinski definition) is 4. The summed E-state index contributed by atoms with van der Waals surface area (Å²) in [6.45, 7) is 0. The van der Waals surface area contributed by atoms with Crippen LogP contribution in [0.2, 0.25) is 0 Å². The number of benzene rings is 1. The van der Waals surface area contributed by atoms with Crippen LogP contribution in [0, 0.1) is 0 Å². The molecule has 0 atom stereocenters. The number of para-hydroxylation sites is 2. The van der Waals surface area contributed by atoms with E-state index in [1.165, 1.54) is 0 Å². The highest BCUT2D eigenvalue weighted by Gasteiger charge is 1.99. The van der Waals surface area contributed by atoms with Crippen molar-refractivity contribution < 1.29 is 8.83 Å². The maximum absolute atomic E-state index is 5.21. The van der Waals surface area contributed by atoms with E-state index in [4.69, 9.17) is 14.6 Å². The molecule has 6 heteroatoms. The van der Waals surface area contributed by atoms with Gasteiger partial charge in [0.2, 0.25) is 0 Å². The molecule has 1 aromatic heterocycles. The molecule has 2 rings (SSSR count). The molecule has 0 saturated carbocycles. The summed E-state index contributed by atoms with van der Waals surface area (Å²) in [7, 11) is 0. The second-order valence-corrected chi connectivity index (χ2v) is 2.94. The molecule has 14 heavy (non-hydrogen) atoms. The van der Waals surface area contributed by atoms with Crippen molar-refractivity contribution in [2.45, 2.75) is 0 Å². The van der Waals surface area contributed by atoms with Crippen molar-refractivity contribution in [1.82, 2.24) is 5.43 Å². The molecular formula is C8H7N3O2S. The predicted molar refractivity (Wildman–Crippen MR) is 54.0 cm³/mol. The molecule has 0 spiro atoms. The van der Waals surface area contributed by atoms with Crippen molar-refractivity contribution in [2.75, 3.05) is 0 Å². The number of rotatable bonds is 1. The van der Waals surface area contributed by atoms with Gasteiger partial charge in [0.05, 0.1) is 0 Å². The van der Waals surface area contributed by atoms with Crippen molar-refractivity contribution in [2.24, 2.45) is 10.8 Å². The van der Waals surface area contributed by atoms with Crippen LogP contribution >= 0.6 is 12.2 Å². The molecule has 5 nitrogen and oxygen atoms in total. The Bertz CT molecular complexity index is 492. The minimum atomic E-state index is 0.0562. The van der Waals surface area contributed by atoms with E-state index in [1.807, 2.05) is 12.1 Å². The van der Waals surface area contributed by atoms with Crippen LogP contribution in [0.15, 0.2) is 38.2 Å². The van der Waals surface area contributed by atoms with Crippen LogP contribution in [0.25, 0.3) is 11.2 Å². The molecule has 0 fully saturated rings. The summed E-state index contributed by atoms with van der Waals surface area (Å²) in [6, 6.07) is 7.23. The van der Waals surface area contributed by atoms with E-state index in [9.17, 15) is 0 Å². The van der Waals surface area contributed by atoms with Gasteiger partial charge < -0.3 is 14.6 Å². The van der Waals surface area contributed by atoms with E-state index < -0.39 is 0 Å². The van der Waals surface area contributed by atoms with Gasteiger partial charge in [-0.3, -0.25) is 0 Å². The molecule has 1 aromatic carbocycles. The van der Waals surface area contributed by atoms with Gasteiger partial charge >= 0.3 is 5.75 Å². The SMILES string of the molecule is NC(=S)NN=c1oc2ccccc2o1. The first-order valence-electron chi connectivity index (χ1n) is 3.83. The molecule has 0 unspecified atom stereocenters. The number of fused-ring (bicyclic) bond motifs is 1. The zero-order chi connectivity index (χ0) is 9.97. The standard InChI is InChI=1S/C8H7N3O2S/c9-7(14)10-11-8-12-5-3-1-2-4-6(5)13-8/h1-4H,(H3,9,10,14). The van der Waals surface area contributed by atoms with Crippen LogP contribution < -0.4 is 16.9 Å². The van der Waals surface area contributed by atoms with Crippen molar-refractivity contribution in [3.8, 4) is 0 Å². The third-order valence-corrected chi connectivity index (χ3v) is 1.59. The summed E-state index contributed by atoms with van der Waals surface area (Å²) < 4.78 is 10.4. The molecule has 0 bridgehead atoms. The molecule has 1 heterocycles. The molecular weight excluding hydrogens is 202 g/mol. The monoisotopic (exact) mass is 209 g/mol. The second kappa shape index (κ2) is 3.51. The van der Waals surface area contributed by atoms with Gasteiger partial charge in [0.1, 0.15) is 0 Å². The highest BCUT2D eigenvalue weighted by molar-refractivity contribution is 7.80. The second-order valence-electron chi connectivity index (χ2n) is 2.50. The van der Waals surface area contributed by atoms with Gasteiger partial charge in [-0.1, -0.05) is 17.2 Å². The van der Waals surface area contributed by atoms with Crippen molar-refractivity contribution in [1.29, 1.82) is 0 Å². The average Bonchev–Trinajstić information content (AvgIpc) is 2.57. The van der Waals surface area contributed by atoms with Gasteiger partial charge in [-0.25, -0.2) is 5.43 Å². The van der Waals surface area contributed by atoms with Crippen molar-refractivity contribution in [3.63, 3.8) is 0 Å². The number of thiocarbonyl (C=S) groups is 1. The zero-order valence-corrected chi connectivity index (χ0v) is 7.88. The lowest BCUT2D eigenvalue weighted by molar-refractivity contribution is 0.379. The number of nitrogens with two attached hydrogens (primary N) is 1. The Morgan fingerprint density at radius 3 is 2.36 bits per heavy atom. The van der Waals surface area contributed by atoms with E-state index in [-0.39, 0.29) is 10.9 Å². The van der Waals surface area contributed by atoms with E-state index in [2.05, 4.69) is 22.7 Å². The van der Waals surface area contributed by atoms with E-state index in [0.29, 0.717) is 11.2 Å². The average molecular weight is 209 g/mol. The molecule has 0 amide bonds. The first kappa shape index (κ1) is 8.76. The number of nitrogens with one attached hydrogen (secondary N) is 1. The summed E-state index contributed by atoms with van der Waals surface area (Å²) in [5.74, 6) is 0.0824. The topological polar surface area (TPSA) is 76.7 Å². The van der Waals surface area contributed by atoms with Crippen LogP contribution in [0.5, 0.6) is 0 Å². The minimum absolute atomic E-state index is 0.0562. The Balaban J connectivity index is 2.44. The Kier molecular flexibility index (Phi) is 2.19. The lowest BCUT2D eigenvalue weighted by atomic mass is 10.3. The van der Waals surface area contributed by atoms with Gasteiger partial charge in [-0.15, -0.1) is 0 Å². The fourth-order valence-electron chi connectivity index (χ4n) is 0.974. The third kappa shape index (κ3) is 1.74. The molecule has 72 valence electrons. The molecule has 0 aliphatic heterocycles. The van der Waals surface area contributed by atoms with E-state index in [0.717, 1.165) is 0 Å². The first-order valence-corrected chi connectivity index (χ1v) is 4.24. The van der Waals surface area contributed by atoms with Gasteiger partial charge in [-0.2, -0.15) is 0 Å². The molecule has 0 radical (unpaired) electrons. The van der Waals surface area contributed by atoms with Crippen LogP contribution in [0.1, 0.15) is 0 Å². The molecule has 2 aromatic rings. The quantitative estimate of drug-likeness (QED) is 0.533. The summed E-state index contributed by atoms with van der Waals surface area (Å²) in [6.07, 6.45) is 0.